The lowest BCUT2D eigenvalue weighted by molar-refractivity contribution is -0.132. The van der Waals surface area contributed by atoms with Gasteiger partial charge in [0.2, 0.25) is 0 Å². The number of rotatable bonds is 4. The quantitative estimate of drug-likeness (QED) is 0.178. The van der Waals surface area contributed by atoms with E-state index in [9.17, 15) is 19.2 Å². The molecular weight excluding hydrogens is 639 g/mol. The summed E-state index contributed by atoms with van der Waals surface area (Å²) in [6.45, 7) is 0. The number of urea groups is 1. The van der Waals surface area contributed by atoms with E-state index in [0.29, 0.717) is 19.9 Å². The van der Waals surface area contributed by atoms with Crippen LogP contribution in [0.5, 0.6) is 5.75 Å². The molecule has 5 rings (SSSR count). The molecule has 4 amide bonds. The van der Waals surface area contributed by atoms with Crippen LogP contribution in [0, 0.1) is 11.8 Å². The molecule has 0 unspecified atom stereocenters. The van der Waals surface area contributed by atoms with Crippen molar-refractivity contribution < 1.29 is 23.9 Å². The van der Waals surface area contributed by atoms with Gasteiger partial charge in [0.1, 0.15) is 5.57 Å². The summed E-state index contributed by atoms with van der Waals surface area (Å²) in [5, 5.41) is 2.77. The van der Waals surface area contributed by atoms with Crippen molar-refractivity contribution in [3.8, 4) is 5.75 Å². The average Bonchev–Trinajstić information content (AvgIpc) is 3.42. The van der Waals surface area contributed by atoms with E-state index in [4.69, 9.17) is 27.9 Å². The molecule has 1 heterocycles. The van der Waals surface area contributed by atoms with Crippen LogP contribution in [0.2, 0.25) is 10.0 Å². The molecule has 1 saturated heterocycles. The van der Waals surface area contributed by atoms with Gasteiger partial charge in [0.15, 0.2) is 5.75 Å². The molecular formula is C25H18Br2Cl2N2O5. The molecule has 0 spiro atoms. The van der Waals surface area contributed by atoms with Crippen LogP contribution in [0.25, 0.3) is 6.08 Å². The molecule has 3 atom stereocenters. The number of imide groups is 2. The summed E-state index contributed by atoms with van der Waals surface area (Å²) in [5.41, 5.74) is 0.147. The molecule has 0 aromatic heterocycles. The first-order valence-electron chi connectivity index (χ1n) is 11.2. The largest absolute Gasteiger partial charge is 0.421 e. The normalized spacial score (nSPS) is 24.4. The Hall–Kier alpha value is -2.20. The summed E-state index contributed by atoms with van der Waals surface area (Å²) in [7, 11) is 0. The van der Waals surface area contributed by atoms with Crippen molar-refractivity contribution >= 4 is 85.0 Å². The fraction of sp³-hybridized carbons (Fsp3) is 0.280. The SMILES string of the molecule is O=C1NC(=O)N([C@H]2C[C@H]3CC[C@H]2C3)C(=O)/C1=C\c1cc(Br)cc(Br)c1OC(=O)c1ccc(Cl)cc1Cl. The van der Waals surface area contributed by atoms with Gasteiger partial charge in [-0.2, -0.15) is 0 Å². The number of ether oxygens (including phenoxy) is 1. The molecule has 2 aromatic carbocycles. The molecule has 1 N–H and O–H groups in total. The maximum Gasteiger partial charge on any atom is 0.345 e. The van der Waals surface area contributed by atoms with Crippen LogP contribution in [0.15, 0.2) is 44.9 Å². The second kappa shape index (κ2) is 9.93. The van der Waals surface area contributed by atoms with Crippen LogP contribution in [0.1, 0.15) is 41.6 Å². The number of halogens is 4. The van der Waals surface area contributed by atoms with Gasteiger partial charge in [0.05, 0.1) is 15.1 Å². The lowest BCUT2D eigenvalue weighted by atomic mass is 9.93. The second-order valence-corrected chi connectivity index (χ2v) is 11.7. The van der Waals surface area contributed by atoms with Gasteiger partial charge in [-0.1, -0.05) is 45.6 Å². The molecule has 7 nitrogen and oxygen atoms in total. The predicted molar refractivity (Wildman–Crippen MR) is 141 cm³/mol. The molecule has 0 radical (unpaired) electrons. The van der Waals surface area contributed by atoms with Crippen LogP contribution < -0.4 is 10.1 Å². The van der Waals surface area contributed by atoms with Crippen LogP contribution in [0.4, 0.5) is 4.79 Å². The van der Waals surface area contributed by atoms with Crippen molar-refractivity contribution in [2.45, 2.75) is 31.7 Å². The Kier molecular flexibility index (Phi) is 7.02. The number of esters is 1. The van der Waals surface area contributed by atoms with Gasteiger partial charge in [-0.05, 0) is 83.4 Å². The van der Waals surface area contributed by atoms with E-state index in [1.165, 1.54) is 29.2 Å². The van der Waals surface area contributed by atoms with E-state index in [0.717, 1.165) is 25.7 Å². The topological polar surface area (TPSA) is 92.8 Å². The van der Waals surface area contributed by atoms with Crippen LogP contribution in [0.3, 0.4) is 0 Å². The Morgan fingerprint density at radius 1 is 1.08 bits per heavy atom. The minimum atomic E-state index is -0.807. The molecule has 2 bridgehead atoms. The third-order valence-corrected chi connectivity index (χ3v) is 8.44. The van der Waals surface area contributed by atoms with Gasteiger partial charge < -0.3 is 4.74 Å². The highest BCUT2D eigenvalue weighted by Crippen LogP contribution is 2.47. The lowest BCUT2D eigenvalue weighted by Gasteiger charge is -2.35. The Bertz CT molecular complexity index is 1360. The van der Waals surface area contributed by atoms with E-state index < -0.39 is 23.8 Å². The first-order valence-corrected chi connectivity index (χ1v) is 13.5. The maximum absolute atomic E-state index is 13.4. The smallest absolute Gasteiger partial charge is 0.345 e. The van der Waals surface area contributed by atoms with Gasteiger partial charge in [-0.15, -0.1) is 0 Å². The third-order valence-electron chi connectivity index (χ3n) is 6.85. The lowest BCUT2D eigenvalue weighted by Crippen LogP contribution is -2.58. The number of carbonyl (C=O) groups excluding carboxylic acids is 4. The summed E-state index contributed by atoms with van der Waals surface area (Å²) in [6, 6.07) is 6.70. The zero-order valence-corrected chi connectivity index (χ0v) is 23.2. The predicted octanol–water partition coefficient (Wildman–Crippen LogP) is 6.39. The minimum Gasteiger partial charge on any atom is -0.421 e. The van der Waals surface area contributed by atoms with E-state index in [1.807, 2.05) is 0 Å². The van der Waals surface area contributed by atoms with Crippen LogP contribution >= 0.6 is 55.1 Å². The summed E-state index contributed by atoms with van der Waals surface area (Å²) < 4.78 is 6.64. The number of nitrogens with zero attached hydrogens (tertiary/aromatic N) is 1. The first kappa shape index (κ1) is 25.4. The number of benzene rings is 2. The van der Waals surface area contributed by atoms with Crippen LogP contribution in [-0.4, -0.2) is 34.8 Å². The van der Waals surface area contributed by atoms with Gasteiger partial charge in [0, 0.05) is 21.1 Å². The van der Waals surface area contributed by atoms with Crippen molar-refractivity contribution in [2.75, 3.05) is 0 Å². The minimum absolute atomic E-state index is 0.0747. The van der Waals surface area contributed by atoms with Gasteiger partial charge in [0.25, 0.3) is 11.8 Å². The average molecular weight is 657 g/mol. The van der Waals surface area contributed by atoms with Crippen molar-refractivity contribution in [1.29, 1.82) is 0 Å². The molecule has 36 heavy (non-hydrogen) atoms. The van der Waals surface area contributed by atoms with Gasteiger partial charge in [-0.25, -0.2) is 9.59 Å². The molecule has 2 saturated carbocycles. The summed E-state index contributed by atoms with van der Waals surface area (Å²) in [4.78, 5) is 52.9. The number of hydrogen-bond donors (Lipinski definition) is 1. The fourth-order valence-corrected chi connectivity index (χ4v) is 7.08. The third kappa shape index (κ3) is 4.74. The Balaban J connectivity index is 1.50. The molecule has 3 fully saturated rings. The van der Waals surface area contributed by atoms with E-state index >= 15 is 0 Å². The number of hydrogen-bond acceptors (Lipinski definition) is 5. The molecule has 2 aromatic rings. The highest BCUT2D eigenvalue weighted by atomic mass is 79.9. The number of carbonyl (C=O) groups is 4. The Morgan fingerprint density at radius 3 is 2.53 bits per heavy atom. The highest BCUT2D eigenvalue weighted by Gasteiger charge is 2.49. The maximum atomic E-state index is 13.4. The van der Waals surface area contributed by atoms with Crippen molar-refractivity contribution in [3.05, 3.63) is 66.0 Å². The zero-order chi connectivity index (χ0) is 25.7. The Morgan fingerprint density at radius 2 is 1.86 bits per heavy atom. The molecule has 3 aliphatic rings. The van der Waals surface area contributed by atoms with Crippen molar-refractivity contribution in [3.63, 3.8) is 0 Å². The number of nitrogens with one attached hydrogen (secondary N) is 1. The molecule has 2 aliphatic carbocycles. The van der Waals surface area contributed by atoms with E-state index in [1.54, 1.807) is 12.1 Å². The fourth-order valence-electron chi connectivity index (χ4n) is 5.25. The first-order chi connectivity index (χ1) is 17.1. The van der Waals surface area contributed by atoms with Gasteiger partial charge in [-0.3, -0.25) is 19.8 Å². The van der Waals surface area contributed by atoms with Crippen molar-refractivity contribution in [1.82, 2.24) is 10.2 Å². The number of barbiturate groups is 1. The second-order valence-electron chi connectivity index (χ2n) is 9.05. The van der Waals surface area contributed by atoms with Crippen LogP contribution in [-0.2, 0) is 9.59 Å². The summed E-state index contributed by atoms with van der Waals surface area (Å²) >= 11 is 18.8. The summed E-state index contributed by atoms with van der Waals surface area (Å²) in [5.74, 6) is -1.39. The van der Waals surface area contributed by atoms with E-state index in [2.05, 4.69) is 37.2 Å². The van der Waals surface area contributed by atoms with Gasteiger partial charge >= 0.3 is 12.0 Å². The van der Waals surface area contributed by atoms with E-state index in [-0.39, 0.29) is 39.4 Å². The summed E-state index contributed by atoms with van der Waals surface area (Å²) in [6.07, 6.45) is 5.13. The standard InChI is InChI=1S/C25H18Br2Cl2N2O5/c26-14-7-13(21(18(27)9-14)36-24(34)16-4-3-15(28)10-19(16)29)8-17-22(32)30-25(35)31(23(17)33)20-6-11-1-2-12(20)5-11/h3-4,7-12,20H,1-2,5-6H2,(H,30,32,35)/b17-8-/t11-,12-,20-/m0/s1. The highest BCUT2D eigenvalue weighted by molar-refractivity contribution is 9.11. The zero-order valence-electron chi connectivity index (χ0n) is 18.5. The molecule has 186 valence electrons. The number of fused-ring (bicyclic) bond motifs is 2. The monoisotopic (exact) mass is 654 g/mol. The molecule has 11 heteroatoms. The number of amides is 4. The Labute approximate surface area is 233 Å². The molecule has 1 aliphatic heterocycles. The van der Waals surface area contributed by atoms with Crippen molar-refractivity contribution in [2.24, 2.45) is 11.8 Å².